The van der Waals surface area contributed by atoms with Crippen LogP contribution in [0.3, 0.4) is 0 Å². The standard InChI is InChI=1S/C18H20N6O/c25-16(10-20-13-4-2-1-3-5-13)23-14-7-9-24(11-14)18-15-6-8-19-17(15)21-12-22-18/h1-6,8,12,14,20H,7,9-11H2,(H,23,25)(H,19,21,22)/t14-/m0/s1. The first-order valence-corrected chi connectivity index (χ1v) is 8.41. The number of nitrogens with zero attached hydrogens (tertiary/aromatic N) is 3. The minimum atomic E-state index is 0.00480. The maximum Gasteiger partial charge on any atom is 0.239 e. The number of hydrogen-bond donors (Lipinski definition) is 3. The molecule has 1 saturated heterocycles. The lowest BCUT2D eigenvalue weighted by Gasteiger charge is -2.18. The van der Waals surface area contributed by atoms with Crippen LogP contribution in [0.1, 0.15) is 6.42 Å². The van der Waals surface area contributed by atoms with Crippen LogP contribution in [0.15, 0.2) is 48.9 Å². The molecule has 0 spiro atoms. The number of benzene rings is 1. The molecule has 2 aromatic heterocycles. The monoisotopic (exact) mass is 336 g/mol. The van der Waals surface area contributed by atoms with Crippen LogP contribution < -0.4 is 15.5 Å². The molecule has 3 heterocycles. The van der Waals surface area contributed by atoms with E-state index in [0.717, 1.165) is 42.0 Å². The van der Waals surface area contributed by atoms with Gasteiger partial charge in [-0.25, -0.2) is 9.97 Å². The topological polar surface area (TPSA) is 85.9 Å². The first-order valence-electron chi connectivity index (χ1n) is 8.41. The lowest BCUT2D eigenvalue weighted by Crippen LogP contribution is -2.40. The average Bonchev–Trinajstić information content (AvgIpc) is 3.30. The molecular formula is C18H20N6O. The number of H-pyrrole nitrogens is 1. The smallest absolute Gasteiger partial charge is 0.239 e. The molecule has 1 aliphatic heterocycles. The van der Waals surface area contributed by atoms with Gasteiger partial charge in [0.05, 0.1) is 11.9 Å². The van der Waals surface area contributed by atoms with Crippen LogP contribution >= 0.6 is 0 Å². The number of fused-ring (bicyclic) bond motifs is 1. The summed E-state index contributed by atoms with van der Waals surface area (Å²) in [6.07, 6.45) is 4.35. The molecule has 1 amide bonds. The van der Waals surface area contributed by atoms with Gasteiger partial charge >= 0.3 is 0 Å². The van der Waals surface area contributed by atoms with E-state index in [1.54, 1.807) is 6.33 Å². The van der Waals surface area contributed by atoms with E-state index in [0.29, 0.717) is 0 Å². The van der Waals surface area contributed by atoms with Gasteiger partial charge in [0.2, 0.25) is 5.91 Å². The maximum absolute atomic E-state index is 12.2. The van der Waals surface area contributed by atoms with Crippen molar-refractivity contribution >= 4 is 28.4 Å². The van der Waals surface area contributed by atoms with Gasteiger partial charge in [-0.2, -0.15) is 0 Å². The number of para-hydroxylation sites is 1. The molecule has 25 heavy (non-hydrogen) atoms. The van der Waals surface area contributed by atoms with Crippen molar-refractivity contribution in [1.82, 2.24) is 20.3 Å². The van der Waals surface area contributed by atoms with Crippen molar-refractivity contribution < 1.29 is 4.79 Å². The summed E-state index contributed by atoms with van der Waals surface area (Å²) >= 11 is 0. The molecule has 3 N–H and O–H groups in total. The van der Waals surface area contributed by atoms with E-state index in [4.69, 9.17) is 0 Å². The van der Waals surface area contributed by atoms with Crippen molar-refractivity contribution in [1.29, 1.82) is 0 Å². The quantitative estimate of drug-likeness (QED) is 0.661. The van der Waals surface area contributed by atoms with E-state index in [9.17, 15) is 4.79 Å². The van der Waals surface area contributed by atoms with Crippen molar-refractivity contribution in [3.63, 3.8) is 0 Å². The summed E-state index contributed by atoms with van der Waals surface area (Å²) in [5.41, 5.74) is 1.78. The second-order valence-corrected chi connectivity index (χ2v) is 6.16. The van der Waals surface area contributed by atoms with Gasteiger partial charge in [0.15, 0.2) is 0 Å². The molecule has 128 valence electrons. The zero-order chi connectivity index (χ0) is 17.1. The Hall–Kier alpha value is -3.09. The Morgan fingerprint density at radius 1 is 1.24 bits per heavy atom. The molecule has 1 aliphatic rings. The number of carbonyl (C=O) groups is 1. The van der Waals surface area contributed by atoms with Crippen LogP contribution in [0.4, 0.5) is 11.5 Å². The maximum atomic E-state index is 12.2. The zero-order valence-electron chi connectivity index (χ0n) is 13.8. The first-order chi connectivity index (χ1) is 12.3. The zero-order valence-corrected chi connectivity index (χ0v) is 13.8. The van der Waals surface area contributed by atoms with Crippen molar-refractivity contribution in [2.45, 2.75) is 12.5 Å². The SMILES string of the molecule is O=C(CNc1ccccc1)N[C@H]1CCN(c2ncnc3[nH]ccc23)C1. The third-order valence-electron chi connectivity index (χ3n) is 4.41. The van der Waals surface area contributed by atoms with Crippen LogP contribution in [-0.2, 0) is 4.79 Å². The fourth-order valence-corrected chi connectivity index (χ4v) is 3.20. The van der Waals surface area contributed by atoms with E-state index in [1.807, 2.05) is 42.6 Å². The second kappa shape index (κ2) is 6.80. The summed E-state index contributed by atoms with van der Waals surface area (Å²) in [5.74, 6) is 0.926. The highest BCUT2D eigenvalue weighted by Crippen LogP contribution is 2.25. The highest BCUT2D eigenvalue weighted by Gasteiger charge is 2.26. The number of amides is 1. The lowest BCUT2D eigenvalue weighted by molar-refractivity contribution is -0.119. The molecular weight excluding hydrogens is 316 g/mol. The third kappa shape index (κ3) is 3.40. The van der Waals surface area contributed by atoms with E-state index in [-0.39, 0.29) is 18.5 Å². The Morgan fingerprint density at radius 3 is 3.00 bits per heavy atom. The van der Waals surface area contributed by atoms with Crippen LogP contribution in [-0.4, -0.2) is 46.5 Å². The van der Waals surface area contributed by atoms with E-state index < -0.39 is 0 Å². The van der Waals surface area contributed by atoms with Crippen molar-refractivity contribution in [3.8, 4) is 0 Å². The highest BCUT2D eigenvalue weighted by molar-refractivity contribution is 5.87. The van der Waals surface area contributed by atoms with Gasteiger partial charge in [0.1, 0.15) is 17.8 Å². The van der Waals surface area contributed by atoms with Gasteiger partial charge in [-0.3, -0.25) is 4.79 Å². The third-order valence-corrected chi connectivity index (χ3v) is 4.41. The minimum absolute atomic E-state index is 0.00480. The number of carbonyl (C=O) groups excluding carboxylic acids is 1. The Bertz CT molecular complexity index is 862. The lowest BCUT2D eigenvalue weighted by atomic mass is 10.2. The average molecular weight is 336 g/mol. The van der Waals surface area contributed by atoms with Gasteiger partial charge < -0.3 is 20.5 Å². The van der Waals surface area contributed by atoms with Crippen molar-refractivity contribution in [3.05, 3.63) is 48.9 Å². The first kappa shape index (κ1) is 15.4. The van der Waals surface area contributed by atoms with Crippen LogP contribution in [0.25, 0.3) is 11.0 Å². The number of nitrogens with one attached hydrogen (secondary N) is 3. The normalized spacial score (nSPS) is 17.0. The summed E-state index contributed by atoms with van der Waals surface area (Å²) < 4.78 is 0. The molecule has 0 saturated carbocycles. The molecule has 0 aliphatic carbocycles. The van der Waals surface area contributed by atoms with Gasteiger partial charge in [-0.1, -0.05) is 18.2 Å². The number of aromatic amines is 1. The molecule has 1 aromatic carbocycles. The predicted molar refractivity (Wildman–Crippen MR) is 97.6 cm³/mol. The van der Waals surface area contributed by atoms with Gasteiger partial charge in [0.25, 0.3) is 0 Å². The predicted octanol–water partition coefficient (Wildman–Crippen LogP) is 1.76. The van der Waals surface area contributed by atoms with Crippen LogP contribution in [0, 0.1) is 0 Å². The summed E-state index contributed by atoms with van der Waals surface area (Å²) in [6, 6.07) is 11.8. The largest absolute Gasteiger partial charge is 0.376 e. The summed E-state index contributed by atoms with van der Waals surface area (Å²) in [7, 11) is 0. The Morgan fingerprint density at radius 2 is 2.12 bits per heavy atom. The van der Waals surface area contributed by atoms with E-state index >= 15 is 0 Å². The molecule has 1 atom stereocenters. The minimum Gasteiger partial charge on any atom is -0.376 e. The molecule has 7 heteroatoms. The number of rotatable bonds is 5. The van der Waals surface area contributed by atoms with Crippen molar-refractivity contribution in [2.75, 3.05) is 29.9 Å². The van der Waals surface area contributed by atoms with Gasteiger partial charge in [-0.05, 0) is 24.6 Å². The number of aromatic nitrogens is 3. The summed E-state index contributed by atoms with van der Waals surface area (Å²) in [4.78, 5) is 26.1. The van der Waals surface area contributed by atoms with E-state index in [1.165, 1.54) is 0 Å². The van der Waals surface area contributed by atoms with Gasteiger partial charge in [0, 0.05) is 31.0 Å². The number of anilines is 2. The fourth-order valence-electron chi connectivity index (χ4n) is 3.20. The molecule has 0 radical (unpaired) electrons. The molecule has 3 aromatic rings. The second-order valence-electron chi connectivity index (χ2n) is 6.16. The molecule has 0 bridgehead atoms. The molecule has 0 unspecified atom stereocenters. The highest BCUT2D eigenvalue weighted by atomic mass is 16.2. The molecule has 7 nitrogen and oxygen atoms in total. The molecule has 4 rings (SSSR count). The Balaban J connectivity index is 1.33. The van der Waals surface area contributed by atoms with Crippen LogP contribution in [0.5, 0.6) is 0 Å². The summed E-state index contributed by atoms with van der Waals surface area (Å²) in [6.45, 7) is 1.90. The van der Waals surface area contributed by atoms with Crippen LogP contribution in [0.2, 0.25) is 0 Å². The van der Waals surface area contributed by atoms with Gasteiger partial charge in [-0.15, -0.1) is 0 Å². The van der Waals surface area contributed by atoms with Crippen molar-refractivity contribution in [2.24, 2.45) is 0 Å². The number of hydrogen-bond acceptors (Lipinski definition) is 5. The molecule has 1 fully saturated rings. The Kier molecular flexibility index (Phi) is 4.20. The fraction of sp³-hybridized carbons (Fsp3) is 0.278. The Labute approximate surface area is 145 Å². The van der Waals surface area contributed by atoms with E-state index in [2.05, 4.69) is 30.5 Å². The summed E-state index contributed by atoms with van der Waals surface area (Å²) in [5, 5.41) is 7.24.